The molecule has 0 fully saturated rings. The number of aryl methyl sites for hydroxylation is 1. The van der Waals surface area contributed by atoms with Crippen molar-refractivity contribution in [3.8, 4) is 28.3 Å². The van der Waals surface area contributed by atoms with Crippen molar-refractivity contribution in [1.29, 1.82) is 0 Å². The Kier molecular flexibility index (Phi) is 11.3. The van der Waals surface area contributed by atoms with Gasteiger partial charge in [0.2, 0.25) is 11.8 Å². The molecule has 5 N–H and O–H groups in total. The number of nitrogens with two attached hydrogens (primary N) is 1. The summed E-state index contributed by atoms with van der Waals surface area (Å²) in [5.74, 6) is -0.468. The number of halogens is 3. The fourth-order valence-corrected chi connectivity index (χ4v) is 3.69. The van der Waals surface area contributed by atoms with E-state index in [1.165, 1.54) is 30.3 Å². The first-order valence-corrected chi connectivity index (χ1v) is 12.4. The second kappa shape index (κ2) is 14.9. The van der Waals surface area contributed by atoms with Crippen molar-refractivity contribution in [3.63, 3.8) is 0 Å². The van der Waals surface area contributed by atoms with E-state index in [1.54, 1.807) is 25.1 Å². The highest BCUT2D eigenvalue weighted by Gasteiger charge is 2.21. The largest absolute Gasteiger partial charge is 0.477 e. The number of nitrogens with one attached hydrogen (secondary N) is 1. The summed E-state index contributed by atoms with van der Waals surface area (Å²) >= 11 is 0. The minimum absolute atomic E-state index is 0.0817. The Morgan fingerprint density at radius 2 is 1.85 bits per heavy atom. The lowest BCUT2D eigenvalue weighted by Gasteiger charge is -2.16. The average Bonchev–Trinajstić information content (AvgIpc) is 2.93. The molecule has 0 amide bonds. The lowest BCUT2D eigenvalue weighted by molar-refractivity contribution is 0.146. The highest BCUT2D eigenvalue weighted by atomic mass is 19.3. The number of ether oxygens (including phenoxy) is 1. The zero-order valence-corrected chi connectivity index (χ0v) is 21.9. The van der Waals surface area contributed by atoms with Gasteiger partial charge < -0.3 is 26.0 Å². The number of rotatable bonds is 14. The average molecular weight is 557 g/mol. The maximum atomic E-state index is 13.6. The Morgan fingerprint density at radius 3 is 2.50 bits per heavy atom. The molecule has 0 bridgehead atoms. The Morgan fingerprint density at radius 1 is 1.12 bits per heavy atom. The first-order valence-electron chi connectivity index (χ1n) is 12.4. The highest BCUT2D eigenvalue weighted by Crippen LogP contribution is 2.39. The summed E-state index contributed by atoms with van der Waals surface area (Å²) in [6, 6.07) is 7.92. The van der Waals surface area contributed by atoms with Gasteiger partial charge in [0.1, 0.15) is 11.5 Å². The van der Waals surface area contributed by atoms with E-state index in [0.717, 1.165) is 0 Å². The third-order valence-corrected chi connectivity index (χ3v) is 5.66. The molecule has 0 spiro atoms. The van der Waals surface area contributed by atoms with Crippen LogP contribution in [0.1, 0.15) is 24.2 Å². The Balaban J connectivity index is 1.87. The fraction of sp³-hybridized carbons (Fsp3) is 0.286. The SMILES string of the molecule is C=N/C(=C\C=C/CCOc1nc(N)nc(-c2ccc(F)cc2)c1-c1cc(C)nc(C(F)F)c1)CNC(CO)CO. The molecule has 0 aliphatic carbocycles. The third-order valence-electron chi connectivity index (χ3n) is 5.66. The fourth-order valence-electron chi connectivity index (χ4n) is 3.69. The molecule has 3 rings (SSSR count). The summed E-state index contributed by atoms with van der Waals surface area (Å²) in [6.45, 7) is 5.15. The quantitative estimate of drug-likeness (QED) is 0.133. The van der Waals surface area contributed by atoms with Gasteiger partial charge in [0.05, 0.1) is 42.8 Å². The number of benzene rings is 1. The zero-order valence-electron chi connectivity index (χ0n) is 21.9. The summed E-state index contributed by atoms with van der Waals surface area (Å²) < 4.78 is 46.7. The van der Waals surface area contributed by atoms with Gasteiger partial charge in [-0.2, -0.15) is 4.98 Å². The number of hydrogen-bond acceptors (Lipinski definition) is 9. The number of aliphatic hydroxyl groups is 2. The molecule has 12 heteroatoms. The van der Waals surface area contributed by atoms with Crippen LogP contribution in [0.15, 0.2) is 65.3 Å². The van der Waals surface area contributed by atoms with Crippen molar-refractivity contribution in [3.05, 3.63) is 77.5 Å². The molecule has 2 aromatic heterocycles. The predicted molar refractivity (Wildman–Crippen MR) is 148 cm³/mol. The van der Waals surface area contributed by atoms with Crippen molar-refractivity contribution in [2.75, 3.05) is 32.1 Å². The molecule has 2 heterocycles. The van der Waals surface area contributed by atoms with E-state index >= 15 is 0 Å². The van der Waals surface area contributed by atoms with Gasteiger partial charge in [-0.1, -0.05) is 12.2 Å². The van der Waals surface area contributed by atoms with E-state index in [0.29, 0.717) is 46.7 Å². The minimum atomic E-state index is -2.80. The summed E-state index contributed by atoms with van der Waals surface area (Å²) in [5, 5.41) is 21.2. The smallest absolute Gasteiger partial charge is 0.280 e. The number of aliphatic hydroxyl groups excluding tert-OH is 2. The van der Waals surface area contributed by atoms with Gasteiger partial charge in [-0.25, -0.2) is 18.2 Å². The van der Waals surface area contributed by atoms with Crippen LogP contribution in [0.2, 0.25) is 0 Å². The third kappa shape index (κ3) is 8.43. The number of pyridine rings is 1. The van der Waals surface area contributed by atoms with Crippen molar-refractivity contribution >= 4 is 12.7 Å². The maximum Gasteiger partial charge on any atom is 0.280 e. The standard InChI is InChI=1S/C28H31F3N6O3/c1-17-12-19(13-23(35-17)26(30)31)24-25(18-7-9-20(29)10-8-18)36-28(32)37-27(24)40-11-5-3-4-6-21(33-2)14-34-22(15-38)16-39/h3-4,6-10,12-13,22,26,34,38-39H,2,5,11,14-16H2,1H3,(H2,32,36,37)/b4-3-,21-6-. The number of aromatic nitrogens is 3. The number of hydrogen-bond donors (Lipinski definition) is 4. The van der Waals surface area contributed by atoms with Crippen LogP contribution in [-0.2, 0) is 0 Å². The molecule has 1 aromatic carbocycles. The zero-order chi connectivity index (χ0) is 29.1. The van der Waals surface area contributed by atoms with Gasteiger partial charge in [0, 0.05) is 17.8 Å². The first-order chi connectivity index (χ1) is 19.2. The Bertz CT molecular complexity index is 1350. The minimum Gasteiger partial charge on any atom is -0.477 e. The molecule has 0 aliphatic rings. The number of nitrogens with zero attached hydrogens (tertiary/aromatic N) is 4. The van der Waals surface area contributed by atoms with Crippen LogP contribution in [0.3, 0.4) is 0 Å². The number of allylic oxidation sites excluding steroid dienone is 2. The normalized spacial score (nSPS) is 12.1. The van der Waals surface area contributed by atoms with Crippen molar-refractivity contribution in [1.82, 2.24) is 20.3 Å². The predicted octanol–water partition coefficient (Wildman–Crippen LogP) is 4.03. The van der Waals surface area contributed by atoms with Crippen LogP contribution in [0.4, 0.5) is 19.1 Å². The topological polar surface area (TPSA) is 139 Å². The van der Waals surface area contributed by atoms with Gasteiger partial charge in [-0.3, -0.25) is 9.98 Å². The second-order valence-corrected chi connectivity index (χ2v) is 8.66. The monoisotopic (exact) mass is 556 g/mol. The molecule has 40 heavy (non-hydrogen) atoms. The molecular formula is C28H31F3N6O3. The molecule has 0 saturated carbocycles. The van der Waals surface area contributed by atoms with Crippen LogP contribution >= 0.6 is 0 Å². The van der Waals surface area contributed by atoms with Crippen LogP contribution in [-0.4, -0.2) is 64.3 Å². The number of anilines is 1. The van der Waals surface area contributed by atoms with E-state index in [9.17, 15) is 13.2 Å². The second-order valence-electron chi connectivity index (χ2n) is 8.66. The molecular weight excluding hydrogens is 525 g/mol. The Labute approximate surface area is 230 Å². The maximum absolute atomic E-state index is 13.6. The van der Waals surface area contributed by atoms with Crippen LogP contribution in [0.5, 0.6) is 5.88 Å². The van der Waals surface area contributed by atoms with E-state index in [1.807, 2.05) is 6.08 Å². The summed E-state index contributed by atoms with van der Waals surface area (Å²) in [7, 11) is 0. The molecule has 212 valence electrons. The molecule has 0 atom stereocenters. The summed E-state index contributed by atoms with van der Waals surface area (Å²) in [4.78, 5) is 16.4. The molecule has 3 aromatic rings. The van der Waals surface area contributed by atoms with Crippen LogP contribution in [0, 0.1) is 12.7 Å². The van der Waals surface area contributed by atoms with E-state index in [-0.39, 0.29) is 31.6 Å². The van der Waals surface area contributed by atoms with Crippen LogP contribution in [0.25, 0.3) is 22.4 Å². The van der Waals surface area contributed by atoms with E-state index in [4.69, 9.17) is 20.7 Å². The van der Waals surface area contributed by atoms with Gasteiger partial charge >= 0.3 is 0 Å². The van der Waals surface area contributed by atoms with Crippen molar-refractivity contribution in [2.45, 2.75) is 25.8 Å². The van der Waals surface area contributed by atoms with Gasteiger partial charge in [-0.15, -0.1) is 0 Å². The number of alkyl halides is 2. The van der Waals surface area contributed by atoms with Gasteiger partial charge in [0.25, 0.3) is 6.43 Å². The van der Waals surface area contributed by atoms with Crippen molar-refractivity contribution < 1.29 is 28.1 Å². The van der Waals surface area contributed by atoms with E-state index in [2.05, 4.69) is 32.0 Å². The first kappa shape index (κ1) is 30.4. The highest BCUT2D eigenvalue weighted by molar-refractivity contribution is 5.85. The molecule has 0 unspecified atom stereocenters. The number of nitrogen functional groups attached to an aromatic ring is 1. The lowest BCUT2D eigenvalue weighted by atomic mass is 9.99. The van der Waals surface area contributed by atoms with E-state index < -0.39 is 24.0 Å². The van der Waals surface area contributed by atoms with Crippen molar-refractivity contribution in [2.24, 2.45) is 4.99 Å². The summed E-state index contributed by atoms with van der Waals surface area (Å²) in [5.41, 5.74) is 7.99. The van der Waals surface area contributed by atoms with Gasteiger partial charge in [0.15, 0.2) is 0 Å². The summed E-state index contributed by atoms with van der Waals surface area (Å²) in [6.07, 6.45) is 2.93. The molecule has 0 aliphatic heterocycles. The molecule has 9 nitrogen and oxygen atoms in total. The Hall–Kier alpha value is -4.13. The van der Waals surface area contributed by atoms with Gasteiger partial charge in [-0.05, 0) is 68.1 Å². The van der Waals surface area contributed by atoms with Crippen LogP contribution < -0.4 is 15.8 Å². The molecule has 0 radical (unpaired) electrons. The lowest BCUT2D eigenvalue weighted by Crippen LogP contribution is -2.36. The number of aliphatic imine (C=N–C) groups is 1. The molecule has 0 saturated heterocycles.